The molecule has 0 aromatic heterocycles. The summed E-state index contributed by atoms with van der Waals surface area (Å²) in [7, 11) is 0. The van der Waals surface area contributed by atoms with Crippen LogP contribution in [0.15, 0.2) is 18.2 Å². The number of ketones is 1. The number of hydrogen-bond acceptors (Lipinski definition) is 2. The van der Waals surface area contributed by atoms with E-state index in [9.17, 15) is 9.18 Å². The number of hydrogen-bond donors (Lipinski definition) is 1. The van der Waals surface area contributed by atoms with Crippen LogP contribution in [0.5, 0.6) is 0 Å². The number of anilines is 1. The van der Waals surface area contributed by atoms with E-state index >= 15 is 0 Å². The molecule has 1 N–H and O–H groups in total. The first-order chi connectivity index (χ1) is 10.2. The molecule has 0 heterocycles. The molecule has 3 rings (SSSR count). The Morgan fingerprint density at radius 2 is 1.81 bits per heavy atom. The molecule has 3 heteroatoms. The molecule has 0 saturated heterocycles. The van der Waals surface area contributed by atoms with Crippen LogP contribution in [-0.4, -0.2) is 11.8 Å². The molecule has 2 aliphatic carbocycles. The van der Waals surface area contributed by atoms with E-state index < -0.39 is 0 Å². The molecular weight excluding hydrogens is 265 g/mol. The highest BCUT2D eigenvalue weighted by Crippen LogP contribution is 2.23. The second kappa shape index (κ2) is 8.16. The Morgan fingerprint density at radius 1 is 1.14 bits per heavy atom. The Morgan fingerprint density at radius 3 is 2.29 bits per heavy atom. The van der Waals surface area contributed by atoms with Crippen molar-refractivity contribution in [2.75, 3.05) is 5.32 Å². The van der Waals surface area contributed by atoms with Gasteiger partial charge in [-0.25, -0.2) is 4.39 Å². The summed E-state index contributed by atoms with van der Waals surface area (Å²) in [5.41, 5.74) is 1.73. The van der Waals surface area contributed by atoms with E-state index in [2.05, 4.69) is 5.32 Å². The Hall–Kier alpha value is -1.38. The molecule has 0 atom stereocenters. The molecule has 2 saturated carbocycles. The molecule has 2 fully saturated rings. The summed E-state index contributed by atoms with van der Waals surface area (Å²) in [6.45, 7) is 1.97. The van der Waals surface area contributed by atoms with Gasteiger partial charge in [0.15, 0.2) is 0 Å². The molecule has 21 heavy (non-hydrogen) atoms. The van der Waals surface area contributed by atoms with Crippen molar-refractivity contribution in [3.05, 3.63) is 29.6 Å². The van der Waals surface area contributed by atoms with E-state index in [0.29, 0.717) is 11.8 Å². The highest BCUT2D eigenvalue weighted by Gasteiger charge is 2.14. The topological polar surface area (TPSA) is 29.1 Å². The van der Waals surface area contributed by atoms with Crippen LogP contribution in [0.4, 0.5) is 10.1 Å². The fraction of sp³-hybridized carbons (Fsp3) is 0.611. The van der Waals surface area contributed by atoms with Crippen LogP contribution >= 0.6 is 0 Å². The predicted octanol–water partition coefficient (Wildman–Crippen LogP) is 4.87. The van der Waals surface area contributed by atoms with Gasteiger partial charge in [-0.3, -0.25) is 4.79 Å². The quantitative estimate of drug-likeness (QED) is 0.860. The zero-order valence-electron chi connectivity index (χ0n) is 13.0. The fourth-order valence-electron chi connectivity index (χ4n) is 3.00. The largest absolute Gasteiger partial charge is 0.382 e. The first-order valence-corrected chi connectivity index (χ1v) is 8.25. The van der Waals surface area contributed by atoms with Gasteiger partial charge in [-0.1, -0.05) is 25.8 Å². The highest BCUT2D eigenvalue weighted by atomic mass is 19.1. The van der Waals surface area contributed by atoms with Crippen molar-refractivity contribution < 1.29 is 9.18 Å². The van der Waals surface area contributed by atoms with Crippen LogP contribution in [-0.2, 0) is 11.2 Å². The number of nitrogens with one attached hydrogen (secondary N) is 1. The van der Waals surface area contributed by atoms with E-state index in [0.717, 1.165) is 43.4 Å². The van der Waals surface area contributed by atoms with Crippen LogP contribution in [0.1, 0.15) is 63.9 Å². The number of benzene rings is 1. The first kappa shape index (κ1) is 16.0. The third kappa shape index (κ3) is 5.14. The van der Waals surface area contributed by atoms with Crippen molar-refractivity contribution in [2.24, 2.45) is 0 Å². The monoisotopic (exact) mass is 291 g/mol. The van der Waals surface area contributed by atoms with Crippen LogP contribution < -0.4 is 5.32 Å². The molecule has 0 radical (unpaired) electrons. The maximum atomic E-state index is 13.5. The molecule has 0 amide bonds. The first-order valence-electron chi connectivity index (χ1n) is 8.25. The molecule has 0 unspecified atom stereocenters. The standard InChI is InChI=1S/C13H18FN.C5H8O/c1-2-10-7-8-12(9-13(10)14)15-11-5-3-4-6-11;6-5-3-1-2-4-5/h7-9,11,15H,2-6H2,1H3;1-4H2. The highest BCUT2D eigenvalue weighted by molar-refractivity contribution is 5.80. The van der Waals surface area contributed by atoms with Gasteiger partial charge in [0.25, 0.3) is 0 Å². The number of rotatable bonds is 3. The van der Waals surface area contributed by atoms with E-state index in [-0.39, 0.29) is 5.82 Å². The van der Waals surface area contributed by atoms with Crippen molar-refractivity contribution in [3.63, 3.8) is 0 Å². The lowest BCUT2D eigenvalue weighted by atomic mass is 10.1. The number of halogens is 1. The number of Topliss-reactive ketones (excluding diaryl/α,β-unsaturated/α-hetero) is 1. The van der Waals surface area contributed by atoms with Gasteiger partial charge < -0.3 is 5.32 Å². The van der Waals surface area contributed by atoms with Gasteiger partial charge in [0, 0.05) is 24.6 Å². The summed E-state index contributed by atoms with van der Waals surface area (Å²) < 4.78 is 13.5. The Kier molecular flexibility index (Phi) is 6.21. The molecular formula is C18H26FNO. The second-order valence-corrected chi connectivity index (χ2v) is 6.03. The Labute approximate surface area is 127 Å². The summed E-state index contributed by atoms with van der Waals surface area (Å²) >= 11 is 0. The minimum atomic E-state index is -0.0829. The van der Waals surface area contributed by atoms with Crippen LogP contribution in [0.2, 0.25) is 0 Å². The van der Waals surface area contributed by atoms with Gasteiger partial charge in [-0.2, -0.15) is 0 Å². The average molecular weight is 291 g/mol. The van der Waals surface area contributed by atoms with Gasteiger partial charge >= 0.3 is 0 Å². The molecule has 0 aliphatic heterocycles. The molecule has 0 bridgehead atoms. The smallest absolute Gasteiger partial charge is 0.132 e. The molecule has 116 valence electrons. The molecule has 2 aliphatic rings. The van der Waals surface area contributed by atoms with Gasteiger partial charge in [0.2, 0.25) is 0 Å². The normalized spacial score (nSPS) is 18.5. The third-order valence-corrected chi connectivity index (χ3v) is 4.32. The number of aryl methyl sites for hydroxylation is 1. The Bertz CT molecular complexity index is 458. The van der Waals surface area contributed by atoms with E-state index in [1.54, 1.807) is 6.07 Å². The Balaban J connectivity index is 0.000000225. The van der Waals surface area contributed by atoms with Gasteiger partial charge in [-0.05, 0) is 49.8 Å². The third-order valence-electron chi connectivity index (χ3n) is 4.32. The van der Waals surface area contributed by atoms with Gasteiger partial charge in [0.05, 0.1) is 0 Å². The lowest BCUT2D eigenvalue weighted by molar-refractivity contribution is -0.117. The maximum absolute atomic E-state index is 13.5. The van der Waals surface area contributed by atoms with Crippen molar-refractivity contribution in [1.29, 1.82) is 0 Å². The lowest BCUT2D eigenvalue weighted by Crippen LogP contribution is -2.14. The van der Waals surface area contributed by atoms with Crippen molar-refractivity contribution in [1.82, 2.24) is 0 Å². The lowest BCUT2D eigenvalue weighted by Gasteiger charge is -2.14. The average Bonchev–Trinajstić information content (AvgIpc) is 3.13. The van der Waals surface area contributed by atoms with E-state index in [4.69, 9.17) is 0 Å². The SMILES string of the molecule is CCc1ccc(NC2CCCC2)cc1F.O=C1CCCC1. The zero-order valence-corrected chi connectivity index (χ0v) is 13.0. The molecule has 2 nitrogen and oxygen atoms in total. The fourth-order valence-corrected chi connectivity index (χ4v) is 3.00. The second-order valence-electron chi connectivity index (χ2n) is 6.03. The maximum Gasteiger partial charge on any atom is 0.132 e. The van der Waals surface area contributed by atoms with Gasteiger partial charge in [0.1, 0.15) is 11.6 Å². The predicted molar refractivity (Wildman–Crippen MR) is 85.1 cm³/mol. The van der Waals surface area contributed by atoms with Crippen molar-refractivity contribution >= 4 is 11.5 Å². The minimum absolute atomic E-state index is 0.0829. The minimum Gasteiger partial charge on any atom is -0.382 e. The number of carbonyl (C=O) groups excluding carboxylic acids is 1. The van der Waals surface area contributed by atoms with E-state index in [1.807, 2.05) is 19.1 Å². The van der Waals surface area contributed by atoms with Gasteiger partial charge in [-0.15, -0.1) is 0 Å². The van der Waals surface area contributed by atoms with Crippen LogP contribution in [0, 0.1) is 5.82 Å². The summed E-state index contributed by atoms with van der Waals surface area (Å²) in [5, 5.41) is 3.39. The zero-order chi connectivity index (χ0) is 15.1. The van der Waals surface area contributed by atoms with E-state index in [1.165, 1.54) is 25.7 Å². The van der Waals surface area contributed by atoms with Crippen molar-refractivity contribution in [2.45, 2.75) is 70.8 Å². The molecule has 1 aromatic rings. The van der Waals surface area contributed by atoms with Crippen LogP contribution in [0.3, 0.4) is 0 Å². The molecule has 1 aromatic carbocycles. The summed E-state index contributed by atoms with van der Waals surface area (Å²) in [5.74, 6) is 0.371. The summed E-state index contributed by atoms with van der Waals surface area (Å²) in [4.78, 5) is 10.2. The summed E-state index contributed by atoms with van der Waals surface area (Å²) in [6.07, 6.45) is 9.77. The van der Waals surface area contributed by atoms with Crippen molar-refractivity contribution in [3.8, 4) is 0 Å². The molecule has 0 spiro atoms. The van der Waals surface area contributed by atoms with Crippen LogP contribution in [0.25, 0.3) is 0 Å². The summed E-state index contributed by atoms with van der Waals surface area (Å²) in [6, 6.07) is 6.04. The number of carbonyl (C=O) groups is 1.